The molecule has 0 fully saturated rings. The first kappa shape index (κ1) is 15.7. The molecule has 0 amide bonds. The molecule has 1 heterocycles. The van der Waals surface area contributed by atoms with E-state index in [1.54, 1.807) is 0 Å². The van der Waals surface area contributed by atoms with Crippen LogP contribution < -0.4 is 16.2 Å². The van der Waals surface area contributed by atoms with Crippen molar-refractivity contribution in [3.63, 3.8) is 0 Å². The van der Waals surface area contributed by atoms with E-state index in [2.05, 4.69) is 62.2 Å². The van der Waals surface area contributed by atoms with Gasteiger partial charge in [-0.05, 0) is 23.6 Å². The predicted octanol–water partition coefficient (Wildman–Crippen LogP) is 3.28. The molecule has 0 aliphatic heterocycles. The molecule has 5 nitrogen and oxygen atoms in total. The Labute approximate surface area is 133 Å². The van der Waals surface area contributed by atoms with E-state index in [0.717, 1.165) is 22.4 Å². The average molecular weight is 350 g/mol. The van der Waals surface area contributed by atoms with Crippen LogP contribution >= 0.6 is 15.9 Å². The van der Waals surface area contributed by atoms with Gasteiger partial charge in [0.25, 0.3) is 0 Å². The minimum Gasteiger partial charge on any atom is -0.355 e. The smallest absolute Gasteiger partial charge is 0.148 e. The molecule has 0 bridgehead atoms. The van der Waals surface area contributed by atoms with E-state index in [-0.39, 0.29) is 5.92 Å². The lowest BCUT2D eigenvalue weighted by molar-refractivity contribution is 0.809. The third-order valence-electron chi connectivity index (χ3n) is 3.25. The molecule has 1 aromatic heterocycles. The van der Waals surface area contributed by atoms with Gasteiger partial charge in [0.15, 0.2) is 0 Å². The molecular formula is C15H20BrN5. The maximum Gasteiger partial charge on any atom is 0.148 e. The lowest BCUT2D eigenvalue weighted by Crippen LogP contribution is -2.22. The van der Waals surface area contributed by atoms with E-state index in [1.165, 1.54) is 11.9 Å². The van der Waals surface area contributed by atoms with Gasteiger partial charge in [-0.2, -0.15) is 0 Å². The van der Waals surface area contributed by atoms with Gasteiger partial charge in [-0.1, -0.05) is 41.9 Å². The summed E-state index contributed by atoms with van der Waals surface area (Å²) in [5, 5.41) is 0. The lowest BCUT2D eigenvalue weighted by atomic mass is 10.0. The third kappa shape index (κ3) is 3.71. The van der Waals surface area contributed by atoms with Gasteiger partial charge in [-0.3, -0.25) is 0 Å². The Bertz CT molecular complexity index is 615. The summed E-state index contributed by atoms with van der Waals surface area (Å²) in [6.07, 6.45) is 1.54. The first-order valence-electron chi connectivity index (χ1n) is 6.80. The number of hydrazine groups is 1. The second kappa shape index (κ2) is 6.87. The standard InChI is InChI=1S/C15H20BrN5/c1-10(2)13-14(20-17)18-9-19-15(13)21(3)8-11-5-4-6-12(16)7-11/h4-7,9-10H,8,17H2,1-3H3,(H,18,19,20). The van der Waals surface area contributed by atoms with Crippen LogP contribution in [0.25, 0.3) is 0 Å². The summed E-state index contributed by atoms with van der Waals surface area (Å²) in [6.45, 7) is 4.98. The Morgan fingerprint density at radius 1 is 1.33 bits per heavy atom. The van der Waals surface area contributed by atoms with Crippen molar-refractivity contribution in [2.75, 3.05) is 17.4 Å². The summed E-state index contributed by atoms with van der Waals surface area (Å²) in [4.78, 5) is 10.7. The molecule has 0 saturated heterocycles. The van der Waals surface area contributed by atoms with Gasteiger partial charge in [-0.15, -0.1) is 0 Å². The molecule has 6 heteroatoms. The van der Waals surface area contributed by atoms with Crippen molar-refractivity contribution in [1.82, 2.24) is 9.97 Å². The number of hydrogen-bond donors (Lipinski definition) is 2. The van der Waals surface area contributed by atoms with Crippen LogP contribution in [-0.2, 0) is 6.54 Å². The van der Waals surface area contributed by atoms with Crippen LogP contribution in [0.5, 0.6) is 0 Å². The van der Waals surface area contributed by atoms with Crippen LogP contribution in [0.1, 0.15) is 30.9 Å². The molecule has 21 heavy (non-hydrogen) atoms. The van der Waals surface area contributed by atoms with Crippen LogP contribution in [0.15, 0.2) is 35.1 Å². The molecule has 2 aromatic rings. The molecule has 0 saturated carbocycles. The Balaban J connectivity index is 2.32. The number of nitrogen functional groups attached to an aromatic ring is 1. The van der Waals surface area contributed by atoms with Crippen LogP contribution in [0.3, 0.4) is 0 Å². The molecule has 3 N–H and O–H groups in total. The second-order valence-electron chi connectivity index (χ2n) is 5.24. The van der Waals surface area contributed by atoms with Crippen LogP contribution in [0.4, 0.5) is 11.6 Å². The number of nitrogens with one attached hydrogen (secondary N) is 1. The SMILES string of the molecule is CC(C)c1c(NN)ncnc1N(C)Cc1cccc(Br)c1. The number of benzene rings is 1. The Morgan fingerprint density at radius 2 is 2.10 bits per heavy atom. The van der Waals surface area contributed by atoms with Crippen molar-refractivity contribution in [2.45, 2.75) is 26.3 Å². The van der Waals surface area contributed by atoms with Crippen molar-refractivity contribution >= 4 is 27.6 Å². The number of hydrogen-bond acceptors (Lipinski definition) is 5. The maximum absolute atomic E-state index is 5.56. The van der Waals surface area contributed by atoms with Crippen molar-refractivity contribution in [3.8, 4) is 0 Å². The van der Waals surface area contributed by atoms with Crippen LogP contribution in [-0.4, -0.2) is 17.0 Å². The minimum atomic E-state index is 0.275. The zero-order chi connectivity index (χ0) is 15.4. The number of nitrogens with two attached hydrogens (primary N) is 1. The summed E-state index contributed by atoms with van der Waals surface area (Å²) >= 11 is 3.50. The zero-order valence-corrected chi connectivity index (χ0v) is 14.1. The fourth-order valence-corrected chi connectivity index (χ4v) is 2.77. The number of aromatic nitrogens is 2. The lowest BCUT2D eigenvalue weighted by Gasteiger charge is -2.24. The first-order chi connectivity index (χ1) is 10.0. The highest BCUT2D eigenvalue weighted by atomic mass is 79.9. The van der Waals surface area contributed by atoms with Crippen LogP contribution in [0, 0.1) is 0 Å². The Morgan fingerprint density at radius 3 is 2.71 bits per heavy atom. The minimum absolute atomic E-state index is 0.275. The quantitative estimate of drug-likeness (QED) is 0.640. The van der Waals surface area contributed by atoms with E-state index >= 15 is 0 Å². The topological polar surface area (TPSA) is 67.1 Å². The normalized spacial score (nSPS) is 10.8. The maximum atomic E-state index is 5.56. The van der Waals surface area contributed by atoms with Crippen molar-refractivity contribution in [3.05, 3.63) is 46.2 Å². The van der Waals surface area contributed by atoms with Gasteiger partial charge >= 0.3 is 0 Å². The second-order valence-corrected chi connectivity index (χ2v) is 6.16. The van der Waals surface area contributed by atoms with Gasteiger partial charge in [0.1, 0.15) is 18.0 Å². The zero-order valence-electron chi connectivity index (χ0n) is 12.5. The molecule has 2 rings (SSSR count). The van der Waals surface area contributed by atoms with E-state index in [1.807, 2.05) is 19.2 Å². The number of nitrogens with zero attached hydrogens (tertiary/aromatic N) is 3. The number of anilines is 2. The molecule has 112 valence electrons. The molecule has 0 atom stereocenters. The molecular weight excluding hydrogens is 330 g/mol. The van der Waals surface area contributed by atoms with Gasteiger partial charge < -0.3 is 10.3 Å². The highest BCUT2D eigenvalue weighted by Gasteiger charge is 2.17. The van der Waals surface area contributed by atoms with E-state index < -0.39 is 0 Å². The molecule has 0 unspecified atom stereocenters. The fourth-order valence-electron chi connectivity index (χ4n) is 2.32. The molecule has 0 radical (unpaired) electrons. The van der Waals surface area contributed by atoms with Gasteiger partial charge in [0, 0.05) is 23.6 Å². The van der Waals surface area contributed by atoms with Crippen LogP contribution in [0.2, 0.25) is 0 Å². The Kier molecular flexibility index (Phi) is 5.14. The van der Waals surface area contributed by atoms with Crippen molar-refractivity contribution < 1.29 is 0 Å². The number of rotatable bonds is 5. The predicted molar refractivity (Wildman–Crippen MR) is 90.2 cm³/mol. The highest BCUT2D eigenvalue weighted by Crippen LogP contribution is 2.30. The largest absolute Gasteiger partial charge is 0.355 e. The third-order valence-corrected chi connectivity index (χ3v) is 3.74. The van der Waals surface area contributed by atoms with Gasteiger partial charge in [-0.25, -0.2) is 15.8 Å². The van der Waals surface area contributed by atoms with Crippen molar-refractivity contribution in [2.24, 2.45) is 5.84 Å². The van der Waals surface area contributed by atoms with Gasteiger partial charge in [0.2, 0.25) is 0 Å². The number of halogens is 1. The molecule has 1 aromatic carbocycles. The van der Waals surface area contributed by atoms with E-state index in [9.17, 15) is 0 Å². The highest BCUT2D eigenvalue weighted by molar-refractivity contribution is 9.10. The summed E-state index contributed by atoms with van der Waals surface area (Å²) in [7, 11) is 2.02. The van der Waals surface area contributed by atoms with E-state index in [4.69, 9.17) is 5.84 Å². The summed E-state index contributed by atoms with van der Waals surface area (Å²) < 4.78 is 1.07. The van der Waals surface area contributed by atoms with Gasteiger partial charge in [0.05, 0.1) is 0 Å². The molecule has 0 spiro atoms. The van der Waals surface area contributed by atoms with Crippen molar-refractivity contribution in [1.29, 1.82) is 0 Å². The monoisotopic (exact) mass is 349 g/mol. The average Bonchev–Trinajstić information content (AvgIpc) is 2.46. The summed E-state index contributed by atoms with van der Waals surface area (Å²) in [6, 6.07) is 8.25. The Hall–Kier alpha value is -1.66. The molecule has 0 aliphatic carbocycles. The van der Waals surface area contributed by atoms with E-state index in [0.29, 0.717) is 5.82 Å². The molecule has 0 aliphatic rings. The summed E-state index contributed by atoms with van der Waals surface area (Å²) in [5.74, 6) is 7.41. The fraction of sp³-hybridized carbons (Fsp3) is 0.333. The first-order valence-corrected chi connectivity index (χ1v) is 7.59. The summed E-state index contributed by atoms with van der Waals surface area (Å²) in [5.41, 5.74) is 4.90.